The third-order valence-corrected chi connectivity index (χ3v) is 22.7. The van der Waals surface area contributed by atoms with Crippen LogP contribution in [0.1, 0.15) is 202 Å². The molecule has 534 valence electrons. The van der Waals surface area contributed by atoms with Gasteiger partial charge in [0.1, 0.15) is 53.9 Å². The maximum Gasteiger partial charge on any atom is 0.248 e. The molecule has 9 atom stereocenters. The molecule has 3 saturated carbocycles. The van der Waals surface area contributed by atoms with Crippen molar-refractivity contribution < 1.29 is 57.5 Å². The first-order valence-electron chi connectivity index (χ1n) is 36.0. The zero-order chi connectivity index (χ0) is 69.7. The number of halogens is 1. The van der Waals surface area contributed by atoms with Gasteiger partial charge in [-0.25, -0.2) is 0 Å². The molecule has 0 unspecified atom stereocenters. The number of fused-ring (bicyclic) bond motifs is 2. The molecule has 4 saturated heterocycles. The van der Waals surface area contributed by atoms with E-state index in [1.807, 2.05) is 27.7 Å². The van der Waals surface area contributed by atoms with Gasteiger partial charge in [0.25, 0.3) is 0 Å². The molecule has 12 amide bonds. The molecule has 7 fully saturated rings. The second kappa shape index (κ2) is 34.4. The fourth-order valence-corrected chi connectivity index (χ4v) is 16.1. The van der Waals surface area contributed by atoms with Crippen molar-refractivity contribution in [2.45, 2.75) is 261 Å². The maximum absolute atomic E-state index is 15.4. The van der Waals surface area contributed by atoms with Crippen molar-refractivity contribution in [3.05, 3.63) is 0 Å². The number of nitrogens with zero attached hydrogens (tertiary/aromatic N) is 9. The van der Waals surface area contributed by atoms with Crippen molar-refractivity contribution in [3.63, 3.8) is 0 Å². The molecular formula is C70H115ClN12O12. The van der Waals surface area contributed by atoms with Crippen LogP contribution in [0.3, 0.4) is 0 Å². The zero-order valence-corrected chi connectivity index (χ0v) is 60.1. The summed E-state index contributed by atoms with van der Waals surface area (Å²) in [5.41, 5.74) is -1.47. The number of nitrogens with one attached hydrogen (secondary N) is 3. The van der Waals surface area contributed by atoms with Crippen LogP contribution in [0.5, 0.6) is 0 Å². The van der Waals surface area contributed by atoms with Crippen LogP contribution in [-0.2, 0) is 57.5 Å². The van der Waals surface area contributed by atoms with Crippen LogP contribution in [0.15, 0.2) is 0 Å². The Morgan fingerprint density at radius 3 is 1.76 bits per heavy atom. The molecule has 95 heavy (non-hydrogen) atoms. The summed E-state index contributed by atoms with van der Waals surface area (Å²) >= 11 is 6.52. The summed E-state index contributed by atoms with van der Waals surface area (Å²) in [4.78, 5) is 191. The molecule has 25 heteroatoms. The van der Waals surface area contributed by atoms with Crippen LogP contribution in [0.25, 0.3) is 0 Å². The van der Waals surface area contributed by atoms with Gasteiger partial charge in [0.15, 0.2) is 0 Å². The quantitative estimate of drug-likeness (QED) is 0.233. The van der Waals surface area contributed by atoms with Crippen molar-refractivity contribution in [2.75, 3.05) is 81.6 Å². The Labute approximate surface area is 570 Å². The zero-order valence-electron chi connectivity index (χ0n) is 59.3. The molecule has 0 radical (unpaired) electrons. The van der Waals surface area contributed by atoms with E-state index in [9.17, 15) is 38.4 Å². The summed E-state index contributed by atoms with van der Waals surface area (Å²) in [5.74, 6) is -7.22. The second-order valence-electron chi connectivity index (χ2n) is 30.0. The van der Waals surface area contributed by atoms with Crippen molar-refractivity contribution in [1.29, 1.82) is 0 Å². The number of rotatable bonds is 11. The first kappa shape index (κ1) is 76.3. The smallest absolute Gasteiger partial charge is 0.248 e. The van der Waals surface area contributed by atoms with Crippen LogP contribution in [0.4, 0.5) is 0 Å². The third kappa shape index (κ3) is 18.8. The lowest BCUT2D eigenvalue weighted by atomic mass is 9.84. The van der Waals surface area contributed by atoms with Crippen LogP contribution < -0.4 is 16.0 Å². The largest absolute Gasteiger partial charge is 0.343 e. The molecule has 0 bridgehead atoms. The summed E-state index contributed by atoms with van der Waals surface area (Å²) in [7, 11) is 8.94. The number of piperidine rings is 1. The van der Waals surface area contributed by atoms with Gasteiger partial charge in [-0.15, -0.1) is 11.6 Å². The minimum atomic E-state index is -1.47. The number of hydrogen-bond acceptors (Lipinski definition) is 12. The van der Waals surface area contributed by atoms with E-state index in [2.05, 4.69) is 16.0 Å². The Morgan fingerprint density at radius 2 is 1.16 bits per heavy atom. The molecule has 3 aliphatic carbocycles. The average molecular weight is 1350 g/mol. The summed E-state index contributed by atoms with van der Waals surface area (Å²) in [6.45, 7) is 11.4. The van der Waals surface area contributed by atoms with Crippen molar-refractivity contribution in [1.82, 2.24) is 60.0 Å². The molecule has 24 nitrogen and oxygen atoms in total. The van der Waals surface area contributed by atoms with E-state index >= 15 is 19.2 Å². The summed E-state index contributed by atoms with van der Waals surface area (Å²) in [6, 6.07) is -8.88. The van der Waals surface area contributed by atoms with Gasteiger partial charge in [0.2, 0.25) is 70.9 Å². The molecule has 4 heterocycles. The number of amides is 12. The first-order valence-corrected chi connectivity index (χ1v) is 36.4. The molecule has 0 aromatic carbocycles. The van der Waals surface area contributed by atoms with Crippen LogP contribution in [0, 0.1) is 29.6 Å². The highest BCUT2D eigenvalue weighted by molar-refractivity contribution is 6.20. The maximum atomic E-state index is 15.4. The average Bonchev–Trinajstić information content (AvgIpc) is 1.77. The SMILES string of the molecule is CC[C@H](C)[C@@H]1NC(=O)[C@H](CC(C)C)N(C)C(=O)C[C@@H](C(=O)N2CCCCC2)N(C)C(=O)[C@H](C(C)C)N(C)C(=O)C2(CCCC2)NC(=O)[C@@H]2CCCN2C(=O)[C@H](CCC2CCC(Cl)CC2)NC(=O)CN(C)C(=O)[C@H](CC2CCCCC2)N(C)C(=O)CN(C)C(=O)[C@@H]2CCN2C1=O. The number of hydrogen-bond donors (Lipinski definition) is 3. The van der Waals surface area contributed by atoms with Gasteiger partial charge < -0.3 is 60.0 Å². The summed E-state index contributed by atoms with van der Waals surface area (Å²) in [5, 5.41) is 9.14. The Bertz CT molecular complexity index is 2740. The normalized spacial score (nSPS) is 30.2. The van der Waals surface area contributed by atoms with Gasteiger partial charge in [-0.2, -0.15) is 0 Å². The monoisotopic (exact) mass is 1350 g/mol. The Balaban J connectivity index is 1.25. The first-order chi connectivity index (χ1) is 45.0. The van der Waals surface area contributed by atoms with Gasteiger partial charge in [0.05, 0.1) is 19.5 Å². The van der Waals surface area contributed by atoms with Crippen molar-refractivity contribution >= 4 is 82.5 Å². The second-order valence-corrected chi connectivity index (χ2v) is 30.6. The number of alkyl halides is 1. The highest BCUT2D eigenvalue weighted by atomic mass is 35.5. The van der Waals surface area contributed by atoms with E-state index in [1.165, 1.54) is 81.5 Å². The fraction of sp³-hybridized carbons (Fsp3) is 0.829. The Hall–Kier alpha value is -6.07. The van der Waals surface area contributed by atoms with E-state index < -0.39 is 156 Å². The van der Waals surface area contributed by atoms with Gasteiger partial charge in [-0.1, -0.05) is 92.9 Å². The van der Waals surface area contributed by atoms with E-state index in [1.54, 1.807) is 18.7 Å². The van der Waals surface area contributed by atoms with Gasteiger partial charge in [-0.3, -0.25) is 57.5 Å². The predicted octanol–water partition coefficient (Wildman–Crippen LogP) is 4.91. The van der Waals surface area contributed by atoms with Crippen LogP contribution in [-0.4, -0.2) is 256 Å². The van der Waals surface area contributed by atoms with Crippen LogP contribution >= 0.6 is 11.6 Å². The fourth-order valence-electron chi connectivity index (χ4n) is 15.9. The Morgan fingerprint density at radius 1 is 0.547 bits per heavy atom. The Kier molecular flexibility index (Phi) is 27.6. The molecule has 1 spiro atoms. The third-order valence-electron chi connectivity index (χ3n) is 22.3. The van der Waals surface area contributed by atoms with Crippen LogP contribution in [0.2, 0.25) is 0 Å². The molecule has 0 aromatic rings. The highest BCUT2D eigenvalue weighted by Crippen LogP contribution is 2.36. The number of carbonyl (C=O) groups excluding carboxylic acids is 12. The van der Waals surface area contributed by atoms with E-state index in [4.69, 9.17) is 11.6 Å². The lowest BCUT2D eigenvalue weighted by Gasteiger charge is -2.44. The van der Waals surface area contributed by atoms with Gasteiger partial charge in [-0.05, 0) is 132 Å². The minimum Gasteiger partial charge on any atom is -0.343 e. The van der Waals surface area contributed by atoms with Gasteiger partial charge >= 0.3 is 0 Å². The summed E-state index contributed by atoms with van der Waals surface area (Å²) in [6.07, 6.45) is 14.4. The molecule has 3 N–H and O–H groups in total. The molecule has 0 aromatic heterocycles. The molecule has 4 aliphatic heterocycles. The summed E-state index contributed by atoms with van der Waals surface area (Å²) < 4.78 is 0. The highest BCUT2D eigenvalue weighted by Gasteiger charge is 2.51. The van der Waals surface area contributed by atoms with E-state index in [-0.39, 0.29) is 74.7 Å². The topological polar surface area (TPSA) is 270 Å². The number of likely N-dealkylation sites (tertiary alicyclic amines) is 1. The van der Waals surface area contributed by atoms with Crippen molar-refractivity contribution in [2.24, 2.45) is 29.6 Å². The standard InChI is InChI=1S/C70H115ClN12O12/c1-13-46(6)59-67(93)83-38-32-52(83)64(90)76(8)43-58(86)78(10)54(40-48-23-16-14-17-24-48)65(91)75(7)42-56(84)72-50(31-28-47-26-29-49(71)30-27-47)63(89)82-37-22-25-51(82)62(88)74-70(33-18-19-34-70)69(95)80(12)60(45(4)5)68(94)79(11)55(66(92)81-35-20-15-21-36-81)41-57(85)77(9)53(39-44(2)3)61(87)73-59/h44-55,59-60H,13-43H2,1-12H3,(H,72,84)(H,73,87)(H,74,88)/t46-,47?,49?,50-,51-,52-,53-,54-,55-,59-,60-/m0/s1. The molecule has 7 aliphatic rings. The lowest BCUT2D eigenvalue weighted by Crippen LogP contribution is -2.65. The minimum absolute atomic E-state index is 0.0613. The van der Waals surface area contributed by atoms with Crippen molar-refractivity contribution in [3.8, 4) is 0 Å². The number of carbonyl (C=O) groups is 12. The molecular weight excluding hydrogens is 1240 g/mol. The molecule has 7 rings (SSSR count). The van der Waals surface area contributed by atoms with E-state index in [0.717, 1.165) is 77.0 Å². The van der Waals surface area contributed by atoms with E-state index in [0.29, 0.717) is 51.6 Å². The predicted molar refractivity (Wildman–Crippen MR) is 360 cm³/mol. The number of likely N-dealkylation sites (N-methyl/N-ethyl adjacent to an activating group) is 6. The lowest BCUT2D eigenvalue weighted by molar-refractivity contribution is -0.157. The van der Waals surface area contributed by atoms with Gasteiger partial charge in [0, 0.05) is 73.8 Å².